The third-order valence-electron chi connectivity index (χ3n) is 4.64. The highest BCUT2D eigenvalue weighted by Gasteiger charge is 2.08. The molecule has 1 aliphatic rings. The maximum absolute atomic E-state index is 5.37. The molecule has 0 aromatic carbocycles. The van der Waals surface area contributed by atoms with Gasteiger partial charge >= 0.3 is 0 Å². The van der Waals surface area contributed by atoms with Gasteiger partial charge in [0.2, 0.25) is 0 Å². The minimum absolute atomic E-state index is 0.923. The maximum atomic E-state index is 5.37. The van der Waals surface area contributed by atoms with Gasteiger partial charge in [-0.1, -0.05) is 64.7 Å². The molecule has 1 fully saturated rings. The number of rotatable bonds is 15. The fraction of sp³-hybridized carbons (Fsp3) is 1.00. The molecule has 1 rings (SSSR count). The van der Waals surface area contributed by atoms with Crippen molar-refractivity contribution in [2.75, 3.05) is 45.9 Å². The first-order chi connectivity index (χ1) is 10.9. The van der Waals surface area contributed by atoms with E-state index in [9.17, 15) is 0 Å². The molecule has 1 aliphatic heterocycles. The summed E-state index contributed by atoms with van der Waals surface area (Å²) in [7, 11) is 0. The molecule has 0 bridgehead atoms. The molecule has 0 saturated carbocycles. The molecule has 0 atom stereocenters. The number of nitrogens with zero attached hydrogens (tertiary/aromatic N) is 1. The van der Waals surface area contributed by atoms with Crippen molar-refractivity contribution in [2.24, 2.45) is 0 Å². The molecule has 1 saturated heterocycles. The molecule has 132 valence electrons. The molecule has 0 spiro atoms. The highest BCUT2D eigenvalue weighted by Crippen LogP contribution is 2.10. The van der Waals surface area contributed by atoms with E-state index in [-0.39, 0.29) is 0 Å². The van der Waals surface area contributed by atoms with Crippen molar-refractivity contribution < 1.29 is 4.74 Å². The van der Waals surface area contributed by atoms with Crippen LogP contribution >= 0.6 is 0 Å². The molecule has 0 aliphatic carbocycles. The van der Waals surface area contributed by atoms with E-state index in [1.807, 2.05) is 0 Å². The normalized spacial score (nSPS) is 16.2. The van der Waals surface area contributed by atoms with Crippen LogP contribution in [0.15, 0.2) is 0 Å². The largest absolute Gasteiger partial charge is 0.379 e. The number of hydrogen-bond donors (Lipinski definition) is 1. The van der Waals surface area contributed by atoms with Gasteiger partial charge in [-0.25, -0.2) is 0 Å². The Morgan fingerprint density at radius 3 is 1.91 bits per heavy atom. The zero-order chi connectivity index (χ0) is 15.7. The lowest BCUT2D eigenvalue weighted by molar-refractivity contribution is 0.0374. The van der Waals surface area contributed by atoms with Crippen molar-refractivity contribution in [1.29, 1.82) is 0 Å². The van der Waals surface area contributed by atoms with Crippen molar-refractivity contribution in [3.63, 3.8) is 0 Å². The summed E-state index contributed by atoms with van der Waals surface area (Å²) in [6.07, 6.45) is 15.5. The SMILES string of the molecule is CCCCCCCCCCCCNCCCN1CCOCC1. The Bertz CT molecular complexity index is 217. The fourth-order valence-electron chi connectivity index (χ4n) is 3.11. The summed E-state index contributed by atoms with van der Waals surface area (Å²) >= 11 is 0. The molecule has 3 heteroatoms. The molecule has 0 radical (unpaired) electrons. The Morgan fingerprint density at radius 2 is 1.27 bits per heavy atom. The molecule has 1 N–H and O–H groups in total. The molecule has 0 amide bonds. The van der Waals surface area contributed by atoms with E-state index in [0.717, 1.165) is 26.3 Å². The topological polar surface area (TPSA) is 24.5 Å². The first-order valence-corrected chi connectivity index (χ1v) is 9.94. The number of ether oxygens (including phenoxy) is 1. The van der Waals surface area contributed by atoms with Crippen molar-refractivity contribution in [2.45, 2.75) is 77.6 Å². The molecule has 1 heterocycles. The molecule has 3 nitrogen and oxygen atoms in total. The highest BCUT2D eigenvalue weighted by atomic mass is 16.5. The van der Waals surface area contributed by atoms with Gasteiger partial charge in [0.15, 0.2) is 0 Å². The Hall–Kier alpha value is -0.120. The number of hydrogen-bond acceptors (Lipinski definition) is 3. The maximum Gasteiger partial charge on any atom is 0.0594 e. The fourth-order valence-corrected chi connectivity index (χ4v) is 3.11. The molecule has 22 heavy (non-hydrogen) atoms. The van der Waals surface area contributed by atoms with Gasteiger partial charge in [0.1, 0.15) is 0 Å². The van der Waals surface area contributed by atoms with E-state index in [1.165, 1.54) is 90.3 Å². The van der Waals surface area contributed by atoms with Crippen molar-refractivity contribution >= 4 is 0 Å². The van der Waals surface area contributed by atoms with Crippen LogP contribution in [0.25, 0.3) is 0 Å². The van der Waals surface area contributed by atoms with E-state index in [1.54, 1.807) is 0 Å². The Kier molecular flexibility index (Phi) is 14.3. The van der Waals surface area contributed by atoms with E-state index in [2.05, 4.69) is 17.1 Å². The van der Waals surface area contributed by atoms with Crippen LogP contribution in [0, 0.1) is 0 Å². The van der Waals surface area contributed by atoms with Crippen LogP contribution in [0.5, 0.6) is 0 Å². The van der Waals surface area contributed by atoms with Gasteiger partial charge in [-0.05, 0) is 32.5 Å². The average Bonchev–Trinajstić information content (AvgIpc) is 2.56. The lowest BCUT2D eigenvalue weighted by Crippen LogP contribution is -2.37. The summed E-state index contributed by atoms with van der Waals surface area (Å²) < 4.78 is 5.37. The van der Waals surface area contributed by atoms with Gasteiger partial charge in [-0.3, -0.25) is 4.90 Å². The molecular formula is C19H40N2O. The van der Waals surface area contributed by atoms with Gasteiger partial charge in [-0.2, -0.15) is 0 Å². The van der Waals surface area contributed by atoms with Crippen LogP contribution in [0.2, 0.25) is 0 Å². The Labute approximate surface area is 139 Å². The van der Waals surface area contributed by atoms with Crippen molar-refractivity contribution in [1.82, 2.24) is 10.2 Å². The number of nitrogens with one attached hydrogen (secondary N) is 1. The van der Waals surface area contributed by atoms with Gasteiger partial charge in [0.25, 0.3) is 0 Å². The second-order valence-corrected chi connectivity index (χ2v) is 6.74. The minimum Gasteiger partial charge on any atom is -0.379 e. The smallest absolute Gasteiger partial charge is 0.0594 e. The second kappa shape index (κ2) is 15.8. The third kappa shape index (κ3) is 12.4. The lowest BCUT2D eigenvalue weighted by Gasteiger charge is -2.26. The Morgan fingerprint density at radius 1 is 0.727 bits per heavy atom. The quantitative estimate of drug-likeness (QED) is 0.458. The van der Waals surface area contributed by atoms with E-state index < -0.39 is 0 Å². The summed E-state index contributed by atoms with van der Waals surface area (Å²) in [5.41, 5.74) is 0. The number of unbranched alkanes of at least 4 members (excludes halogenated alkanes) is 9. The average molecular weight is 313 g/mol. The van der Waals surface area contributed by atoms with Crippen LogP contribution < -0.4 is 5.32 Å². The van der Waals surface area contributed by atoms with Crippen LogP contribution in [-0.2, 0) is 4.74 Å². The molecular weight excluding hydrogens is 272 g/mol. The first-order valence-electron chi connectivity index (χ1n) is 9.94. The van der Waals surface area contributed by atoms with Crippen LogP contribution in [-0.4, -0.2) is 50.8 Å². The van der Waals surface area contributed by atoms with E-state index in [0.29, 0.717) is 0 Å². The number of morpholine rings is 1. The zero-order valence-electron chi connectivity index (χ0n) is 15.1. The predicted octanol–water partition coefficient (Wildman–Crippen LogP) is 4.22. The summed E-state index contributed by atoms with van der Waals surface area (Å²) in [4.78, 5) is 2.52. The first kappa shape index (κ1) is 19.9. The summed E-state index contributed by atoms with van der Waals surface area (Å²) in [6.45, 7) is 9.99. The van der Waals surface area contributed by atoms with Crippen LogP contribution in [0.1, 0.15) is 77.6 Å². The van der Waals surface area contributed by atoms with Crippen molar-refractivity contribution in [3.8, 4) is 0 Å². The van der Waals surface area contributed by atoms with Gasteiger partial charge in [0.05, 0.1) is 13.2 Å². The van der Waals surface area contributed by atoms with Gasteiger partial charge < -0.3 is 10.1 Å². The Balaban J connectivity index is 1.68. The van der Waals surface area contributed by atoms with Crippen molar-refractivity contribution in [3.05, 3.63) is 0 Å². The molecule has 0 aromatic rings. The summed E-state index contributed by atoms with van der Waals surface area (Å²) in [6, 6.07) is 0. The van der Waals surface area contributed by atoms with E-state index in [4.69, 9.17) is 4.74 Å². The highest BCUT2D eigenvalue weighted by molar-refractivity contribution is 4.62. The second-order valence-electron chi connectivity index (χ2n) is 6.74. The van der Waals surface area contributed by atoms with Crippen LogP contribution in [0.3, 0.4) is 0 Å². The monoisotopic (exact) mass is 312 g/mol. The van der Waals surface area contributed by atoms with E-state index >= 15 is 0 Å². The third-order valence-corrected chi connectivity index (χ3v) is 4.64. The molecule has 0 unspecified atom stereocenters. The summed E-state index contributed by atoms with van der Waals surface area (Å²) in [5, 5.41) is 3.59. The lowest BCUT2D eigenvalue weighted by atomic mass is 10.1. The minimum atomic E-state index is 0.923. The van der Waals surface area contributed by atoms with Gasteiger partial charge in [-0.15, -0.1) is 0 Å². The zero-order valence-corrected chi connectivity index (χ0v) is 15.1. The molecule has 0 aromatic heterocycles. The predicted molar refractivity (Wildman–Crippen MR) is 96.6 cm³/mol. The van der Waals surface area contributed by atoms with Crippen LogP contribution in [0.4, 0.5) is 0 Å². The standard InChI is InChI=1S/C19H40N2O/c1-2-3-4-5-6-7-8-9-10-11-13-20-14-12-15-21-16-18-22-19-17-21/h20H,2-19H2,1H3. The van der Waals surface area contributed by atoms with Gasteiger partial charge in [0, 0.05) is 13.1 Å². The summed E-state index contributed by atoms with van der Waals surface area (Å²) in [5.74, 6) is 0.